The highest BCUT2D eigenvalue weighted by Crippen LogP contribution is 2.40. The molecule has 0 bridgehead atoms. The van der Waals surface area contributed by atoms with Gasteiger partial charge in [-0.3, -0.25) is 0 Å². The van der Waals surface area contributed by atoms with Gasteiger partial charge in [0.05, 0.1) is 11.1 Å². The lowest BCUT2D eigenvalue weighted by atomic mass is 9.93. The average Bonchev–Trinajstić information content (AvgIpc) is 2.37. The Labute approximate surface area is 111 Å². The van der Waals surface area contributed by atoms with E-state index in [0.717, 1.165) is 6.07 Å². The van der Waals surface area contributed by atoms with Crippen LogP contribution in [0.25, 0.3) is 5.57 Å². The maximum absolute atomic E-state index is 13.0. The fraction of sp³-hybridized carbons (Fsp3) is 0.385. The van der Waals surface area contributed by atoms with Crippen molar-refractivity contribution < 1.29 is 26.3 Å². The van der Waals surface area contributed by atoms with Crippen LogP contribution in [-0.2, 0) is 12.4 Å². The van der Waals surface area contributed by atoms with Crippen LogP contribution in [0.1, 0.15) is 23.1 Å². The third-order valence-electron chi connectivity index (χ3n) is 3.00. The maximum atomic E-state index is 13.0. The molecule has 0 N–H and O–H groups in total. The summed E-state index contributed by atoms with van der Waals surface area (Å²) in [5.41, 5.74) is -2.35. The van der Waals surface area contributed by atoms with Crippen LogP contribution in [-0.4, -0.2) is 13.1 Å². The first-order valence-electron chi connectivity index (χ1n) is 5.80. The van der Waals surface area contributed by atoms with Gasteiger partial charge in [0, 0.05) is 13.1 Å². The molecule has 0 unspecified atom stereocenters. The van der Waals surface area contributed by atoms with E-state index >= 15 is 0 Å². The molecular formula is C13H10F6N. The van der Waals surface area contributed by atoms with Gasteiger partial charge in [0.1, 0.15) is 0 Å². The molecule has 1 aliphatic rings. The maximum Gasteiger partial charge on any atom is 0.417 e. The summed E-state index contributed by atoms with van der Waals surface area (Å²) < 4.78 is 76.5. The zero-order chi connectivity index (χ0) is 15.0. The van der Waals surface area contributed by atoms with Crippen molar-refractivity contribution in [3.63, 3.8) is 0 Å². The number of rotatable bonds is 1. The normalized spacial score (nSPS) is 17.0. The number of alkyl halides is 6. The highest BCUT2D eigenvalue weighted by Gasteiger charge is 2.38. The minimum Gasteiger partial charge on any atom is -0.237 e. The molecule has 0 saturated carbocycles. The second-order valence-electron chi connectivity index (χ2n) is 4.37. The van der Waals surface area contributed by atoms with E-state index in [-0.39, 0.29) is 18.2 Å². The fourth-order valence-electron chi connectivity index (χ4n) is 2.05. The Hall–Kier alpha value is -1.50. The van der Waals surface area contributed by atoms with Gasteiger partial charge in [-0.05, 0) is 29.7 Å². The van der Waals surface area contributed by atoms with E-state index in [0.29, 0.717) is 24.6 Å². The molecule has 109 valence electrons. The third-order valence-corrected chi connectivity index (χ3v) is 3.00. The standard InChI is InChI=1S/C13H10F6N/c14-12(15,16)9-1-2-10(8-3-5-20-6-4-8)11(7-9)13(17,18)19/h1-3,7H,4-6H2. The number of nitrogens with zero attached hydrogens (tertiary/aromatic N) is 1. The molecule has 1 nitrogen and oxygen atoms in total. The van der Waals surface area contributed by atoms with Crippen LogP contribution >= 0.6 is 0 Å². The Morgan fingerprint density at radius 1 is 0.950 bits per heavy atom. The largest absolute Gasteiger partial charge is 0.417 e. The molecule has 1 radical (unpaired) electrons. The van der Waals surface area contributed by atoms with Crippen molar-refractivity contribution in [2.45, 2.75) is 18.8 Å². The highest BCUT2D eigenvalue weighted by atomic mass is 19.4. The smallest absolute Gasteiger partial charge is 0.237 e. The van der Waals surface area contributed by atoms with E-state index < -0.39 is 23.5 Å². The molecule has 0 amide bonds. The zero-order valence-electron chi connectivity index (χ0n) is 10.1. The monoisotopic (exact) mass is 294 g/mol. The first kappa shape index (κ1) is 14.9. The van der Waals surface area contributed by atoms with E-state index in [9.17, 15) is 26.3 Å². The third kappa shape index (κ3) is 3.15. The summed E-state index contributed by atoms with van der Waals surface area (Å²) in [7, 11) is 0. The summed E-state index contributed by atoms with van der Waals surface area (Å²) in [6.07, 6.45) is -7.81. The molecule has 1 aromatic rings. The van der Waals surface area contributed by atoms with Crippen LogP contribution in [0.2, 0.25) is 0 Å². The minimum absolute atomic E-state index is 0.169. The molecular weight excluding hydrogens is 284 g/mol. The lowest BCUT2D eigenvalue weighted by Gasteiger charge is -2.19. The average molecular weight is 294 g/mol. The molecule has 0 aromatic heterocycles. The molecule has 0 saturated heterocycles. The van der Waals surface area contributed by atoms with Crippen LogP contribution < -0.4 is 5.32 Å². The number of halogens is 6. The summed E-state index contributed by atoms with van der Waals surface area (Å²) in [5.74, 6) is 0. The summed E-state index contributed by atoms with van der Waals surface area (Å²) in [6, 6.07) is 1.74. The predicted octanol–water partition coefficient (Wildman–Crippen LogP) is 4.12. The predicted molar refractivity (Wildman–Crippen MR) is 60.9 cm³/mol. The molecule has 20 heavy (non-hydrogen) atoms. The summed E-state index contributed by atoms with van der Waals surface area (Å²) in [5, 5.41) is 3.96. The Bertz CT molecular complexity index is 527. The van der Waals surface area contributed by atoms with E-state index in [1.54, 1.807) is 0 Å². The van der Waals surface area contributed by atoms with Crippen molar-refractivity contribution >= 4 is 5.57 Å². The van der Waals surface area contributed by atoms with Gasteiger partial charge in [0.15, 0.2) is 0 Å². The lowest BCUT2D eigenvalue weighted by Crippen LogP contribution is -2.17. The number of benzene rings is 1. The van der Waals surface area contributed by atoms with E-state index in [4.69, 9.17) is 0 Å². The molecule has 7 heteroatoms. The van der Waals surface area contributed by atoms with Crippen LogP contribution in [0.4, 0.5) is 26.3 Å². The van der Waals surface area contributed by atoms with Gasteiger partial charge in [0.2, 0.25) is 0 Å². The van der Waals surface area contributed by atoms with Gasteiger partial charge in [0.25, 0.3) is 0 Å². The van der Waals surface area contributed by atoms with Gasteiger partial charge in [-0.25, -0.2) is 5.32 Å². The Kier molecular flexibility index (Phi) is 3.82. The van der Waals surface area contributed by atoms with Crippen molar-refractivity contribution in [1.82, 2.24) is 5.32 Å². The van der Waals surface area contributed by atoms with Gasteiger partial charge < -0.3 is 0 Å². The summed E-state index contributed by atoms with van der Waals surface area (Å²) in [6.45, 7) is 0.664. The molecule has 1 aromatic carbocycles. The van der Waals surface area contributed by atoms with Crippen LogP contribution in [0.15, 0.2) is 24.3 Å². The molecule has 0 atom stereocenters. The van der Waals surface area contributed by atoms with Gasteiger partial charge in [-0.15, -0.1) is 0 Å². The van der Waals surface area contributed by atoms with Crippen molar-refractivity contribution in [2.24, 2.45) is 0 Å². The first-order chi connectivity index (χ1) is 9.19. The van der Waals surface area contributed by atoms with Crippen LogP contribution in [0, 0.1) is 0 Å². The molecule has 2 rings (SSSR count). The SMILES string of the molecule is FC(F)(F)c1ccc(C2=CC[N]CC2)c(C(F)(F)F)c1. The van der Waals surface area contributed by atoms with E-state index in [1.807, 2.05) is 0 Å². The summed E-state index contributed by atoms with van der Waals surface area (Å²) >= 11 is 0. The fourth-order valence-corrected chi connectivity index (χ4v) is 2.05. The lowest BCUT2D eigenvalue weighted by molar-refractivity contribution is -0.143. The highest BCUT2D eigenvalue weighted by molar-refractivity contribution is 5.70. The van der Waals surface area contributed by atoms with Crippen molar-refractivity contribution in [3.05, 3.63) is 41.0 Å². The molecule has 1 heterocycles. The molecule has 0 aliphatic carbocycles. The van der Waals surface area contributed by atoms with E-state index in [2.05, 4.69) is 5.32 Å². The summed E-state index contributed by atoms with van der Waals surface area (Å²) in [4.78, 5) is 0. The number of hydrogen-bond acceptors (Lipinski definition) is 0. The van der Waals surface area contributed by atoms with Gasteiger partial charge >= 0.3 is 12.4 Å². The second kappa shape index (κ2) is 5.12. The minimum atomic E-state index is -4.83. The quantitative estimate of drug-likeness (QED) is 0.692. The molecule has 0 fully saturated rings. The second-order valence-corrected chi connectivity index (χ2v) is 4.37. The van der Waals surface area contributed by atoms with Crippen LogP contribution in [0.5, 0.6) is 0 Å². The van der Waals surface area contributed by atoms with E-state index in [1.165, 1.54) is 6.08 Å². The zero-order valence-corrected chi connectivity index (χ0v) is 10.1. The molecule has 1 aliphatic heterocycles. The number of hydrogen-bond donors (Lipinski definition) is 0. The topological polar surface area (TPSA) is 14.1 Å². The van der Waals surface area contributed by atoms with Crippen LogP contribution in [0.3, 0.4) is 0 Å². The Morgan fingerprint density at radius 3 is 2.15 bits per heavy atom. The Balaban J connectivity index is 2.54. The van der Waals surface area contributed by atoms with Crippen molar-refractivity contribution in [2.75, 3.05) is 13.1 Å². The Morgan fingerprint density at radius 2 is 1.65 bits per heavy atom. The van der Waals surface area contributed by atoms with Gasteiger partial charge in [-0.1, -0.05) is 12.1 Å². The van der Waals surface area contributed by atoms with Crippen molar-refractivity contribution in [1.29, 1.82) is 0 Å². The molecule has 0 spiro atoms. The van der Waals surface area contributed by atoms with Crippen molar-refractivity contribution in [3.8, 4) is 0 Å². The first-order valence-corrected chi connectivity index (χ1v) is 5.80. The van der Waals surface area contributed by atoms with Gasteiger partial charge in [-0.2, -0.15) is 26.3 Å².